The van der Waals surface area contributed by atoms with E-state index in [2.05, 4.69) is 61.6 Å². The SMILES string of the molecule is COc1cc(Cl)ccc1[C@@H]1CC[C@@]2(N3CCCCC3)C(=O)NC[C@H]2[C@H]1c1ccc(Cl)cc1.COc1cc(Cl)ccc1[C@@H]1CC[C@@]2(NC(=O)OCCCCCI)C(=O)NC[C@H]2[C@H]1c1ccc(Cl)cc1. The number of carbonyl (C=O) groups is 3. The van der Waals surface area contributed by atoms with Crippen molar-refractivity contribution in [1.82, 2.24) is 20.9 Å². The molecule has 4 aromatic rings. The van der Waals surface area contributed by atoms with Gasteiger partial charge < -0.3 is 30.2 Å². The Kier molecular flexibility index (Phi) is 17.0. The van der Waals surface area contributed by atoms with Crippen LogP contribution < -0.4 is 25.4 Å². The predicted molar refractivity (Wildman–Crippen MR) is 279 cm³/mol. The van der Waals surface area contributed by atoms with E-state index in [9.17, 15) is 14.4 Å². The smallest absolute Gasteiger partial charge is 0.408 e. The maximum Gasteiger partial charge on any atom is 0.408 e. The molecular weight excluding hydrogens is 1060 g/mol. The summed E-state index contributed by atoms with van der Waals surface area (Å²) in [5, 5.41) is 11.9. The summed E-state index contributed by atoms with van der Waals surface area (Å²) < 4.78 is 18.0. The van der Waals surface area contributed by atoms with E-state index in [4.69, 9.17) is 60.6 Å². The van der Waals surface area contributed by atoms with E-state index in [1.807, 2.05) is 66.7 Å². The van der Waals surface area contributed by atoms with Crippen molar-refractivity contribution in [2.75, 3.05) is 51.4 Å². The number of nitrogens with zero attached hydrogens (tertiary/aromatic N) is 1. The first-order chi connectivity index (χ1) is 32.9. The van der Waals surface area contributed by atoms with E-state index in [0.29, 0.717) is 47.6 Å². The minimum atomic E-state index is -1.04. The Morgan fingerprint density at radius 2 is 1.19 bits per heavy atom. The van der Waals surface area contributed by atoms with Gasteiger partial charge in [0.15, 0.2) is 0 Å². The highest BCUT2D eigenvalue weighted by Crippen LogP contribution is 2.57. The fourth-order valence-corrected chi connectivity index (χ4v) is 13.4. The molecule has 5 aliphatic rings. The largest absolute Gasteiger partial charge is 0.496 e. The number of amides is 3. The first kappa shape index (κ1) is 50.9. The average molecular weight is 1120 g/mol. The molecule has 9 rings (SSSR count). The number of rotatable bonds is 13. The van der Waals surface area contributed by atoms with Crippen molar-refractivity contribution >= 4 is 86.9 Å². The van der Waals surface area contributed by atoms with Crippen LogP contribution in [0.25, 0.3) is 0 Å². The Balaban J connectivity index is 0.000000185. The molecule has 4 aromatic carbocycles. The Morgan fingerprint density at radius 3 is 1.75 bits per heavy atom. The van der Waals surface area contributed by atoms with Crippen LogP contribution in [0.4, 0.5) is 4.79 Å². The van der Waals surface area contributed by atoms with Crippen LogP contribution in [0.2, 0.25) is 20.1 Å². The molecule has 10 nitrogen and oxygen atoms in total. The zero-order valence-corrected chi connectivity index (χ0v) is 43.8. The molecule has 15 heteroatoms. The molecular formula is C53H61Cl4IN4O6. The number of hydrogen-bond donors (Lipinski definition) is 3. The van der Waals surface area contributed by atoms with Gasteiger partial charge in [-0.3, -0.25) is 14.5 Å². The molecule has 0 bridgehead atoms. The zero-order chi connectivity index (χ0) is 48.0. The molecule has 3 amide bonds. The Hall–Kier alpha value is -3.46. The number of halogens is 5. The van der Waals surface area contributed by atoms with Crippen LogP contribution >= 0.6 is 69.0 Å². The second kappa shape index (κ2) is 22.7. The lowest BCUT2D eigenvalue weighted by atomic mass is 9.59. The molecule has 8 atom stereocenters. The molecule has 0 aromatic heterocycles. The number of nitrogens with one attached hydrogen (secondary N) is 3. The van der Waals surface area contributed by atoms with Crippen LogP contribution in [0.5, 0.6) is 11.5 Å². The first-order valence-electron chi connectivity index (χ1n) is 23.9. The van der Waals surface area contributed by atoms with Gasteiger partial charge in [-0.1, -0.05) is 112 Å². The van der Waals surface area contributed by atoms with Gasteiger partial charge in [0.25, 0.3) is 0 Å². The quantitative estimate of drug-likeness (QED) is 0.0693. The number of methoxy groups -OCH3 is 2. The number of piperidine rings is 1. The highest BCUT2D eigenvalue weighted by molar-refractivity contribution is 14.1. The van der Waals surface area contributed by atoms with E-state index in [1.165, 1.54) is 30.4 Å². The monoisotopic (exact) mass is 1120 g/mol. The van der Waals surface area contributed by atoms with Gasteiger partial charge in [0.1, 0.15) is 22.6 Å². The fraction of sp³-hybridized carbons (Fsp3) is 0.491. The van der Waals surface area contributed by atoms with Gasteiger partial charge in [0, 0.05) is 45.0 Å². The molecule has 68 heavy (non-hydrogen) atoms. The van der Waals surface area contributed by atoms with Crippen LogP contribution in [-0.2, 0) is 14.3 Å². The van der Waals surface area contributed by atoms with E-state index < -0.39 is 17.2 Å². The van der Waals surface area contributed by atoms with Crippen molar-refractivity contribution in [3.63, 3.8) is 0 Å². The number of fused-ring (bicyclic) bond motifs is 2. The summed E-state index contributed by atoms with van der Waals surface area (Å²) in [6.07, 6.45) is 8.92. The molecule has 3 N–H and O–H groups in total. The van der Waals surface area contributed by atoms with E-state index in [-0.39, 0.29) is 47.3 Å². The maximum absolute atomic E-state index is 13.5. The van der Waals surface area contributed by atoms with Crippen LogP contribution in [-0.4, -0.2) is 85.3 Å². The van der Waals surface area contributed by atoms with Gasteiger partial charge in [-0.2, -0.15) is 0 Å². The number of alkyl halides is 1. The Labute approximate surface area is 434 Å². The van der Waals surface area contributed by atoms with Crippen LogP contribution in [0.1, 0.15) is 110 Å². The molecule has 0 unspecified atom stereocenters. The summed E-state index contributed by atoms with van der Waals surface area (Å²) in [7, 11) is 3.34. The van der Waals surface area contributed by atoms with Gasteiger partial charge in [-0.05, 0) is 170 Å². The summed E-state index contributed by atoms with van der Waals surface area (Å²) >= 11 is 27.3. The van der Waals surface area contributed by atoms with Gasteiger partial charge in [0.2, 0.25) is 11.8 Å². The molecule has 3 heterocycles. The van der Waals surface area contributed by atoms with Gasteiger partial charge in [-0.15, -0.1) is 0 Å². The third-order valence-electron chi connectivity index (χ3n) is 15.4. The van der Waals surface area contributed by atoms with Gasteiger partial charge >= 0.3 is 6.09 Å². The lowest BCUT2D eigenvalue weighted by Crippen LogP contribution is -2.62. The number of unbranched alkanes of at least 4 members (excludes halogenated alkanes) is 2. The van der Waals surface area contributed by atoms with Crippen molar-refractivity contribution in [3.8, 4) is 11.5 Å². The maximum atomic E-state index is 13.5. The number of alkyl carbamates (subject to hydrolysis) is 1. The second-order valence-corrected chi connectivity index (χ2v) is 21.6. The van der Waals surface area contributed by atoms with Crippen molar-refractivity contribution in [3.05, 3.63) is 127 Å². The topological polar surface area (TPSA) is 118 Å². The predicted octanol–water partition coefficient (Wildman–Crippen LogP) is 12.1. The third-order valence-corrected chi connectivity index (χ3v) is 17.1. The molecule has 3 aliphatic heterocycles. The molecule has 2 aliphatic carbocycles. The number of carbonyl (C=O) groups excluding carboxylic acids is 3. The minimum absolute atomic E-state index is 0.0512. The minimum Gasteiger partial charge on any atom is -0.496 e. The van der Waals surface area contributed by atoms with E-state index in [0.717, 1.165) is 77.3 Å². The number of ether oxygens (including phenoxy) is 3. The molecule has 2 saturated carbocycles. The molecule has 0 radical (unpaired) electrons. The fourth-order valence-electron chi connectivity index (χ4n) is 12.3. The van der Waals surface area contributed by atoms with E-state index >= 15 is 0 Å². The van der Waals surface area contributed by atoms with Crippen molar-refractivity contribution in [2.45, 2.75) is 99.0 Å². The first-order valence-corrected chi connectivity index (χ1v) is 27.0. The second-order valence-electron chi connectivity index (χ2n) is 18.8. The lowest BCUT2D eigenvalue weighted by molar-refractivity contribution is -0.135. The average Bonchev–Trinajstić information content (AvgIpc) is 3.87. The molecule has 3 saturated heterocycles. The normalized spacial score (nSPS) is 27.7. The number of hydrogen-bond acceptors (Lipinski definition) is 7. The zero-order valence-electron chi connectivity index (χ0n) is 38.6. The Morgan fingerprint density at radius 1 is 0.676 bits per heavy atom. The summed E-state index contributed by atoms with van der Waals surface area (Å²) in [5.74, 6) is 1.99. The van der Waals surface area contributed by atoms with Crippen LogP contribution in [0, 0.1) is 11.8 Å². The van der Waals surface area contributed by atoms with Gasteiger partial charge in [0.05, 0.1) is 20.8 Å². The van der Waals surface area contributed by atoms with Crippen molar-refractivity contribution < 1.29 is 28.6 Å². The van der Waals surface area contributed by atoms with E-state index in [1.54, 1.807) is 14.2 Å². The number of likely N-dealkylation sites (tertiary alicyclic amines) is 1. The Bertz CT molecular complexity index is 2410. The summed E-state index contributed by atoms with van der Waals surface area (Å²) in [6, 6.07) is 27.6. The molecule has 364 valence electrons. The van der Waals surface area contributed by atoms with Crippen molar-refractivity contribution in [2.24, 2.45) is 11.8 Å². The summed E-state index contributed by atoms with van der Waals surface area (Å²) in [6.45, 7) is 3.51. The summed E-state index contributed by atoms with van der Waals surface area (Å²) in [4.78, 5) is 42.1. The van der Waals surface area contributed by atoms with Crippen LogP contribution in [0.15, 0.2) is 84.9 Å². The highest BCUT2D eigenvalue weighted by Gasteiger charge is 2.61. The standard InChI is InChI=1S/C27H31Cl2IN2O4.C26H30Cl2N2O2/c1-35-23-15-19(29)9-10-20(23)21-11-12-27(32-26(34)36-14-4-2-3-13-30)22(16-31-25(27)33)24(21)17-5-7-18(28)8-6-17;1-32-23-15-19(28)9-10-20(23)21-11-12-26(30-13-3-2-4-14-30)22(16-29-25(26)31)24(21)17-5-7-18(27)8-6-17/h5-10,15,21-22,24H,2-4,11-14,16H2,1H3,(H,31,33)(H,32,34);5-10,15,21-22,24H,2-4,11-14,16H2,1H3,(H,29,31)/t21-,22-,24-,27-;21-,22-,24-,26-/m00/s1. The third kappa shape index (κ3) is 10.5. The van der Waals surface area contributed by atoms with Crippen LogP contribution in [0.3, 0.4) is 0 Å². The molecule has 0 spiro atoms. The van der Waals surface area contributed by atoms with Gasteiger partial charge in [-0.25, -0.2) is 4.79 Å². The lowest BCUT2D eigenvalue weighted by Gasteiger charge is -2.52. The van der Waals surface area contributed by atoms with Crippen molar-refractivity contribution in [1.29, 1.82) is 0 Å². The number of benzene rings is 4. The highest BCUT2D eigenvalue weighted by atomic mass is 127. The molecule has 5 fully saturated rings. The summed E-state index contributed by atoms with van der Waals surface area (Å²) in [5.41, 5.74) is 3.02.